The molecule has 4 aromatic rings. The van der Waals surface area contributed by atoms with E-state index in [2.05, 4.69) is 10.6 Å². The van der Waals surface area contributed by atoms with E-state index in [1.54, 1.807) is 19.1 Å². The minimum atomic E-state index is -0.340. The highest BCUT2D eigenvalue weighted by atomic mass is 16.5. The van der Waals surface area contributed by atoms with Crippen LogP contribution in [0.1, 0.15) is 28.4 Å². The van der Waals surface area contributed by atoms with Crippen molar-refractivity contribution in [1.82, 2.24) is 0 Å². The molecule has 0 saturated heterocycles. The summed E-state index contributed by atoms with van der Waals surface area (Å²) in [6, 6.07) is 26.7. The number of ether oxygens (including phenoxy) is 2. The molecule has 1 amide bonds. The van der Waals surface area contributed by atoms with Crippen LogP contribution < -0.4 is 15.4 Å². The first-order valence-corrected chi connectivity index (χ1v) is 11.5. The van der Waals surface area contributed by atoms with Crippen LogP contribution in [0.2, 0.25) is 0 Å². The first-order chi connectivity index (χ1) is 17.0. The summed E-state index contributed by atoms with van der Waals surface area (Å²) in [5.74, 6) is 0.0709. The number of carbonyl (C=O) groups excluding carboxylic acids is 2. The maximum atomic E-state index is 12.5. The van der Waals surface area contributed by atoms with Gasteiger partial charge in [0.05, 0.1) is 12.2 Å². The number of hydrogen-bond acceptors (Lipinski definition) is 5. The number of anilines is 2. The second-order valence-corrected chi connectivity index (χ2v) is 8.12. The van der Waals surface area contributed by atoms with Gasteiger partial charge in [0.25, 0.3) is 5.91 Å². The predicted molar refractivity (Wildman–Crippen MR) is 139 cm³/mol. The molecule has 0 spiro atoms. The molecule has 6 heteroatoms. The van der Waals surface area contributed by atoms with Gasteiger partial charge in [0.15, 0.2) is 6.61 Å². The minimum Gasteiger partial charge on any atom is -0.483 e. The highest BCUT2D eigenvalue weighted by molar-refractivity contribution is 5.92. The first kappa shape index (κ1) is 23.8. The zero-order chi connectivity index (χ0) is 24.6. The molecule has 0 aromatic heterocycles. The number of carbonyl (C=O) groups is 2. The number of nitrogens with one attached hydrogen (secondary N) is 2. The summed E-state index contributed by atoms with van der Waals surface area (Å²) in [5, 5.41) is 8.37. The van der Waals surface area contributed by atoms with Crippen molar-refractivity contribution in [2.24, 2.45) is 0 Å². The molecule has 0 bridgehead atoms. The molecule has 178 valence electrons. The van der Waals surface area contributed by atoms with E-state index in [0.717, 1.165) is 33.3 Å². The molecular weight excluding hydrogens is 440 g/mol. The van der Waals surface area contributed by atoms with Crippen LogP contribution in [0, 0.1) is 6.92 Å². The van der Waals surface area contributed by atoms with Crippen LogP contribution >= 0.6 is 0 Å². The molecule has 0 aliphatic heterocycles. The van der Waals surface area contributed by atoms with E-state index in [1.165, 1.54) is 0 Å². The number of fused-ring (bicyclic) bond motifs is 1. The lowest BCUT2D eigenvalue weighted by Gasteiger charge is -2.16. The van der Waals surface area contributed by atoms with E-state index >= 15 is 0 Å². The standard InChI is InChI=1S/C29H28N2O4/c1-3-34-29(33)22-10-15-23(16-11-22)30-18-26-25-7-5-4-6-21(25)12-17-27(26)35-19-28(32)31-24-13-8-20(2)9-14-24/h4-17,30H,3,18-19H2,1-2H3,(H,31,32). The van der Waals surface area contributed by atoms with Crippen LogP contribution in [0.4, 0.5) is 11.4 Å². The summed E-state index contributed by atoms with van der Waals surface area (Å²) in [5.41, 5.74) is 4.17. The van der Waals surface area contributed by atoms with Crippen molar-refractivity contribution >= 4 is 34.0 Å². The predicted octanol–water partition coefficient (Wildman–Crippen LogP) is 5.95. The Morgan fingerprint density at radius 3 is 2.29 bits per heavy atom. The highest BCUT2D eigenvalue weighted by Gasteiger charge is 2.12. The lowest BCUT2D eigenvalue weighted by atomic mass is 10.0. The molecule has 2 N–H and O–H groups in total. The maximum Gasteiger partial charge on any atom is 0.338 e. The van der Waals surface area contributed by atoms with Crippen molar-refractivity contribution in [3.05, 3.63) is 102 Å². The fourth-order valence-corrected chi connectivity index (χ4v) is 3.74. The van der Waals surface area contributed by atoms with Crippen LogP contribution in [0.3, 0.4) is 0 Å². The number of esters is 1. The van der Waals surface area contributed by atoms with E-state index in [4.69, 9.17) is 9.47 Å². The largest absolute Gasteiger partial charge is 0.483 e. The second-order valence-electron chi connectivity index (χ2n) is 8.12. The van der Waals surface area contributed by atoms with Crippen molar-refractivity contribution in [2.45, 2.75) is 20.4 Å². The van der Waals surface area contributed by atoms with Crippen molar-refractivity contribution < 1.29 is 19.1 Å². The smallest absolute Gasteiger partial charge is 0.338 e. The number of benzene rings is 4. The molecule has 0 aliphatic rings. The van der Waals surface area contributed by atoms with Gasteiger partial charge in [0, 0.05) is 23.5 Å². The molecule has 0 saturated carbocycles. The van der Waals surface area contributed by atoms with E-state index in [-0.39, 0.29) is 18.5 Å². The Kier molecular flexibility index (Phi) is 7.63. The topological polar surface area (TPSA) is 76.7 Å². The molecule has 0 heterocycles. The van der Waals surface area contributed by atoms with Gasteiger partial charge in [-0.15, -0.1) is 0 Å². The average Bonchev–Trinajstić information content (AvgIpc) is 2.88. The van der Waals surface area contributed by atoms with Crippen LogP contribution in [0.15, 0.2) is 84.9 Å². The SMILES string of the molecule is CCOC(=O)c1ccc(NCc2c(OCC(=O)Nc3ccc(C)cc3)ccc3ccccc23)cc1. The summed E-state index contributed by atoms with van der Waals surface area (Å²) in [4.78, 5) is 24.4. The Balaban J connectivity index is 1.47. The van der Waals surface area contributed by atoms with Gasteiger partial charge >= 0.3 is 5.97 Å². The quantitative estimate of drug-likeness (QED) is 0.297. The Bertz CT molecular complexity index is 1320. The lowest BCUT2D eigenvalue weighted by molar-refractivity contribution is -0.118. The Morgan fingerprint density at radius 1 is 0.829 bits per heavy atom. The van der Waals surface area contributed by atoms with Gasteiger partial charge in [0.2, 0.25) is 0 Å². The number of rotatable bonds is 9. The monoisotopic (exact) mass is 468 g/mol. The summed E-state index contributed by atoms with van der Waals surface area (Å²) in [6.07, 6.45) is 0. The van der Waals surface area contributed by atoms with E-state index < -0.39 is 0 Å². The zero-order valence-electron chi connectivity index (χ0n) is 19.8. The molecule has 0 aliphatic carbocycles. The molecule has 6 nitrogen and oxygen atoms in total. The van der Waals surface area contributed by atoms with Crippen LogP contribution in [0.5, 0.6) is 5.75 Å². The van der Waals surface area contributed by atoms with Crippen LogP contribution in [-0.4, -0.2) is 25.1 Å². The van der Waals surface area contributed by atoms with Gasteiger partial charge in [-0.25, -0.2) is 4.79 Å². The zero-order valence-corrected chi connectivity index (χ0v) is 19.8. The number of hydrogen-bond donors (Lipinski definition) is 2. The van der Waals surface area contributed by atoms with Crippen LogP contribution in [-0.2, 0) is 16.1 Å². The van der Waals surface area contributed by atoms with Crippen LogP contribution in [0.25, 0.3) is 10.8 Å². The summed E-state index contributed by atoms with van der Waals surface area (Å²) in [7, 11) is 0. The molecule has 0 unspecified atom stereocenters. The first-order valence-electron chi connectivity index (χ1n) is 11.5. The summed E-state index contributed by atoms with van der Waals surface area (Å²) < 4.78 is 11.0. The normalized spacial score (nSPS) is 10.6. The summed E-state index contributed by atoms with van der Waals surface area (Å²) in [6.45, 7) is 4.50. The lowest BCUT2D eigenvalue weighted by Crippen LogP contribution is -2.20. The molecule has 4 rings (SSSR count). The molecule has 35 heavy (non-hydrogen) atoms. The molecular formula is C29H28N2O4. The Morgan fingerprint density at radius 2 is 1.54 bits per heavy atom. The maximum absolute atomic E-state index is 12.5. The number of amides is 1. The van der Waals surface area contributed by atoms with Crippen molar-refractivity contribution in [3.8, 4) is 5.75 Å². The van der Waals surface area contributed by atoms with Crippen molar-refractivity contribution in [3.63, 3.8) is 0 Å². The van der Waals surface area contributed by atoms with Gasteiger partial charge in [0.1, 0.15) is 5.75 Å². The van der Waals surface area contributed by atoms with Gasteiger partial charge in [-0.3, -0.25) is 4.79 Å². The molecule has 4 aromatic carbocycles. The highest BCUT2D eigenvalue weighted by Crippen LogP contribution is 2.29. The van der Waals surface area contributed by atoms with Gasteiger partial charge in [-0.05, 0) is 67.1 Å². The molecule has 0 radical (unpaired) electrons. The Labute approximate surface area is 204 Å². The van der Waals surface area contributed by atoms with Gasteiger partial charge < -0.3 is 20.1 Å². The van der Waals surface area contributed by atoms with Gasteiger partial charge in [-0.1, -0.05) is 48.0 Å². The van der Waals surface area contributed by atoms with Crippen molar-refractivity contribution in [1.29, 1.82) is 0 Å². The minimum absolute atomic E-state index is 0.104. The third-order valence-corrected chi connectivity index (χ3v) is 5.56. The van der Waals surface area contributed by atoms with Crippen molar-refractivity contribution in [2.75, 3.05) is 23.8 Å². The molecule has 0 atom stereocenters. The Hall–Kier alpha value is -4.32. The summed E-state index contributed by atoms with van der Waals surface area (Å²) >= 11 is 0. The second kappa shape index (κ2) is 11.2. The third kappa shape index (κ3) is 6.18. The fourth-order valence-electron chi connectivity index (χ4n) is 3.74. The number of aryl methyl sites for hydroxylation is 1. The average molecular weight is 469 g/mol. The fraction of sp³-hybridized carbons (Fsp3) is 0.172. The molecule has 0 fully saturated rings. The van der Waals surface area contributed by atoms with Gasteiger partial charge in [-0.2, -0.15) is 0 Å². The van der Waals surface area contributed by atoms with E-state index in [0.29, 0.717) is 24.5 Å². The van der Waals surface area contributed by atoms with E-state index in [1.807, 2.05) is 79.7 Å². The third-order valence-electron chi connectivity index (χ3n) is 5.56. The van der Waals surface area contributed by atoms with E-state index in [9.17, 15) is 9.59 Å².